The standard InChI is InChI=1S/C32H38N2O6/c1-4-38-32(35)19-28(21-5-6-21)22-15-16-33-31(17-22)40-25-10-8-24(9-11-25)39-29-18-26(36-2)12-13-27(29)23-7-14-30(37-3)34-20-23/h7,12-18,20-21,24-25,28H,4-6,8-11,19H2,1-3H3. The number of hydrogen-bond donors (Lipinski definition) is 0. The summed E-state index contributed by atoms with van der Waals surface area (Å²) < 4.78 is 28.7. The molecule has 0 spiro atoms. The molecule has 2 aromatic heterocycles. The van der Waals surface area contributed by atoms with Gasteiger partial charge in [0.05, 0.1) is 33.4 Å². The van der Waals surface area contributed by atoms with Crippen LogP contribution in [0.2, 0.25) is 0 Å². The monoisotopic (exact) mass is 546 g/mol. The van der Waals surface area contributed by atoms with Gasteiger partial charge in [-0.3, -0.25) is 4.79 Å². The fraction of sp³-hybridized carbons (Fsp3) is 0.469. The number of esters is 1. The van der Waals surface area contributed by atoms with Gasteiger partial charge in [0.15, 0.2) is 0 Å². The van der Waals surface area contributed by atoms with E-state index in [1.165, 1.54) is 0 Å². The fourth-order valence-electron chi connectivity index (χ4n) is 5.42. The first-order chi connectivity index (χ1) is 19.6. The number of rotatable bonds is 12. The van der Waals surface area contributed by atoms with Crippen LogP contribution < -0.4 is 18.9 Å². The van der Waals surface area contributed by atoms with Gasteiger partial charge < -0.3 is 23.7 Å². The summed E-state index contributed by atoms with van der Waals surface area (Å²) in [6, 6.07) is 13.7. The van der Waals surface area contributed by atoms with Crippen molar-refractivity contribution in [1.82, 2.24) is 9.97 Å². The van der Waals surface area contributed by atoms with E-state index in [2.05, 4.69) is 9.97 Å². The van der Waals surface area contributed by atoms with Gasteiger partial charge in [0.25, 0.3) is 0 Å². The molecular weight excluding hydrogens is 508 g/mol. The number of methoxy groups -OCH3 is 2. The summed E-state index contributed by atoms with van der Waals surface area (Å²) in [4.78, 5) is 21.0. The van der Waals surface area contributed by atoms with E-state index >= 15 is 0 Å². The Kier molecular flexibility index (Phi) is 9.04. The van der Waals surface area contributed by atoms with Crippen molar-refractivity contribution in [3.63, 3.8) is 0 Å². The number of benzene rings is 1. The van der Waals surface area contributed by atoms with Crippen LogP contribution in [0.4, 0.5) is 0 Å². The van der Waals surface area contributed by atoms with Gasteiger partial charge in [0, 0.05) is 41.7 Å². The molecule has 3 aromatic rings. The summed E-state index contributed by atoms with van der Waals surface area (Å²) in [5, 5.41) is 0. The van der Waals surface area contributed by atoms with E-state index < -0.39 is 0 Å². The van der Waals surface area contributed by atoms with Crippen LogP contribution in [0.3, 0.4) is 0 Å². The third-order valence-corrected chi connectivity index (χ3v) is 7.72. The molecule has 2 aliphatic rings. The molecule has 40 heavy (non-hydrogen) atoms. The van der Waals surface area contributed by atoms with E-state index in [1.807, 2.05) is 49.4 Å². The van der Waals surface area contributed by atoms with Crippen molar-refractivity contribution < 1.29 is 28.5 Å². The third-order valence-electron chi connectivity index (χ3n) is 7.72. The topological polar surface area (TPSA) is 89.0 Å². The second kappa shape index (κ2) is 13.0. The highest BCUT2D eigenvalue weighted by atomic mass is 16.5. The molecule has 2 heterocycles. The zero-order chi connectivity index (χ0) is 27.9. The summed E-state index contributed by atoms with van der Waals surface area (Å²) in [7, 11) is 3.26. The molecular formula is C32H38N2O6. The number of ether oxygens (including phenoxy) is 5. The molecule has 0 N–H and O–H groups in total. The predicted molar refractivity (Wildman–Crippen MR) is 151 cm³/mol. The average Bonchev–Trinajstić information content (AvgIpc) is 3.83. The third kappa shape index (κ3) is 7.03. The van der Waals surface area contributed by atoms with Crippen molar-refractivity contribution >= 4 is 5.97 Å². The molecule has 1 unspecified atom stereocenters. The molecule has 1 aromatic carbocycles. The number of aromatic nitrogens is 2. The summed E-state index contributed by atoms with van der Waals surface area (Å²) in [5.74, 6) is 3.26. The number of hydrogen-bond acceptors (Lipinski definition) is 8. The van der Waals surface area contributed by atoms with Crippen molar-refractivity contribution in [2.75, 3.05) is 20.8 Å². The molecule has 0 radical (unpaired) electrons. The Hall–Kier alpha value is -3.81. The van der Waals surface area contributed by atoms with Crippen molar-refractivity contribution in [1.29, 1.82) is 0 Å². The number of nitrogens with zero attached hydrogens (tertiary/aromatic N) is 2. The van der Waals surface area contributed by atoms with E-state index in [1.54, 1.807) is 26.6 Å². The molecule has 2 saturated carbocycles. The highest BCUT2D eigenvalue weighted by Crippen LogP contribution is 2.45. The number of pyridine rings is 2. The predicted octanol–water partition coefficient (Wildman–Crippen LogP) is 6.38. The highest BCUT2D eigenvalue weighted by Gasteiger charge is 2.34. The van der Waals surface area contributed by atoms with Crippen LogP contribution in [0.15, 0.2) is 54.9 Å². The summed E-state index contributed by atoms with van der Waals surface area (Å²) in [6.45, 7) is 2.25. The van der Waals surface area contributed by atoms with Crippen LogP contribution in [0.25, 0.3) is 11.1 Å². The number of carbonyl (C=O) groups is 1. The lowest BCUT2D eigenvalue weighted by Gasteiger charge is -2.30. The first kappa shape index (κ1) is 27.7. The summed E-state index contributed by atoms with van der Waals surface area (Å²) >= 11 is 0. The Labute approximate surface area is 236 Å². The second-order valence-electron chi connectivity index (χ2n) is 10.5. The molecule has 0 saturated heterocycles. The molecule has 2 fully saturated rings. The van der Waals surface area contributed by atoms with Gasteiger partial charge in [-0.1, -0.05) is 0 Å². The number of carbonyl (C=O) groups excluding carboxylic acids is 1. The molecule has 2 aliphatic carbocycles. The zero-order valence-electron chi connectivity index (χ0n) is 23.5. The summed E-state index contributed by atoms with van der Waals surface area (Å²) in [6.07, 6.45) is 9.91. The molecule has 0 aliphatic heterocycles. The lowest BCUT2D eigenvalue weighted by atomic mass is 9.91. The van der Waals surface area contributed by atoms with Crippen molar-refractivity contribution in [2.24, 2.45) is 5.92 Å². The first-order valence-corrected chi connectivity index (χ1v) is 14.2. The maximum atomic E-state index is 12.2. The van der Waals surface area contributed by atoms with Gasteiger partial charge in [-0.2, -0.15) is 0 Å². The Morgan fingerprint density at radius 1 is 0.875 bits per heavy atom. The second-order valence-corrected chi connectivity index (χ2v) is 10.5. The molecule has 0 amide bonds. The first-order valence-electron chi connectivity index (χ1n) is 14.2. The van der Waals surface area contributed by atoms with Crippen LogP contribution in [-0.4, -0.2) is 49.0 Å². The molecule has 212 valence electrons. The van der Waals surface area contributed by atoms with Crippen molar-refractivity contribution in [3.8, 4) is 34.4 Å². The molecule has 8 heteroatoms. The zero-order valence-corrected chi connectivity index (χ0v) is 23.5. The van der Waals surface area contributed by atoms with Crippen LogP contribution >= 0.6 is 0 Å². The van der Waals surface area contributed by atoms with Gasteiger partial charge >= 0.3 is 5.97 Å². The Balaban J connectivity index is 1.20. The Morgan fingerprint density at radius 2 is 1.65 bits per heavy atom. The van der Waals surface area contributed by atoms with Crippen molar-refractivity contribution in [2.45, 2.75) is 70.0 Å². The lowest BCUT2D eigenvalue weighted by molar-refractivity contribution is -0.143. The Morgan fingerprint density at radius 3 is 2.30 bits per heavy atom. The molecule has 5 rings (SSSR count). The summed E-state index contributed by atoms with van der Waals surface area (Å²) in [5.41, 5.74) is 3.02. The maximum absolute atomic E-state index is 12.2. The van der Waals surface area contributed by atoms with Gasteiger partial charge in [-0.05, 0) is 87.1 Å². The van der Waals surface area contributed by atoms with Crippen LogP contribution in [-0.2, 0) is 9.53 Å². The minimum Gasteiger partial charge on any atom is -0.497 e. The minimum atomic E-state index is -0.139. The minimum absolute atomic E-state index is 0.0695. The highest BCUT2D eigenvalue weighted by molar-refractivity contribution is 5.71. The fourth-order valence-corrected chi connectivity index (χ4v) is 5.42. The van der Waals surface area contributed by atoms with E-state index in [-0.39, 0.29) is 24.1 Å². The lowest BCUT2D eigenvalue weighted by Crippen LogP contribution is -2.30. The normalized spacial score (nSPS) is 19.4. The van der Waals surface area contributed by atoms with Gasteiger partial charge in [-0.15, -0.1) is 0 Å². The van der Waals surface area contributed by atoms with Gasteiger partial charge in [0.2, 0.25) is 11.8 Å². The van der Waals surface area contributed by atoms with Crippen LogP contribution in [0, 0.1) is 5.92 Å². The van der Waals surface area contributed by atoms with E-state index in [9.17, 15) is 4.79 Å². The van der Waals surface area contributed by atoms with E-state index in [0.717, 1.165) is 66.7 Å². The molecule has 0 bridgehead atoms. The van der Waals surface area contributed by atoms with E-state index in [4.69, 9.17) is 23.7 Å². The molecule has 8 nitrogen and oxygen atoms in total. The largest absolute Gasteiger partial charge is 0.497 e. The van der Waals surface area contributed by atoms with Gasteiger partial charge in [0.1, 0.15) is 17.6 Å². The van der Waals surface area contributed by atoms with Crippen molar-refractivity contribution in [3.05, 3.63) is 60.4 Å². The van der Waals surface area contributed by atoms with Gasteiger partial charge in [-0.25, -0.2) is 9.97 Å². The maximum Gasteiger partial charge on any atom is 0.306 e. The van der Waals surface area contributed by atoms with Crippen LogP contribution in [0.5, 0.6) is 23.3 Å². The SMILES string of the molecule is CCOC(=O)CC(c1ccnc(OC2CCC(Oc3cc(OC)ccc3-c3ccc(OC)nc3)CC2)c1)C1CC1. The van der Waals surface area contributed by atoms with E-state index in [0.29, 0.717) is 30.7 Å². The smallest absolute Gasteiger partial charge is 0.306 e. The molecule has 1 atom stereocenters. The van der Waals surface area contributed by atoms with Crippen LogP contribution in [0.1, 0.15) is 63.4 Å². The Bertz CT molecular complexity index is 1270. The average molecular weight is 547 g/mol. The quantitative estimate of drug-likeness (QED) is 0.242.